The molecule has 0 fully saturated rings. The molecule has 0 aliphatic rings. The van der Waals surface area contributed by atoms with E-state index in [-0.39, 0.29) is 17.4 Å². The number of rotatable bonds is 5. The summed E-state index contributed by atoms with van der Waals surface area (Å²) < 4.78 is 9.87. The van der Waals surface area contributed by atoms with Crippen LogP contribution in [0.2, 0.25) is 0 Å². The van der Waals surface area contributed by atoms with Crippen molar-refractivity contribution in [3.63, 3.8) is 0 Å². The van der Waals surface area contributed by atoms with Gasteiger partial charge in [0.2, 0.25) is 17.5 Å². The van der Waals surface area contributed by atoms with Gasteiger partial charge in [0, 0.05) is 0 Å². The summed E-state index contributed by atoms with van der Waals surface area (Å²) in [5.74, 6) is 0.256. The van der Waals surface area contributed by atoms with Gasteiger partial charge in [-0.05, 0) is 12.5 Å². The van der Waals surface area contributed by atoms with E-state index in [9.17, 15) is 4.79 Å². The molecular formula is C11H14N2O3. The number of nitrogens with zero attached hydrogens (tertiary/aromatic N) is 2. The van der Waals surface area contributed by atoms with E-state index in [1.165, 1.54) is 26.5 Å². The van der Waals surface area contributed by atoms with Crippen LogP contribution in [0.1, 0.15) is 23.8 Å². The Labute approximate surface area is 94.1 Å². The average Bonchev–Trinajstić information content (AvgIpc) is 2.34. The van der Waals surface area contributed by atoms with Gasteiger partial charge in [0.25, 0.3) is 0 Å². The number of hydrogen-bond donors (Lipinski definition) is 0. The van der Waals surface area contributed by atoms with Gasteiger partial charge in [0.05, 0.1) is 20.4 Å². The van der Waals surface area contributed by atoms with Gasteiger partial charge in [-0.1, -0.05) is 13.0 Å². The van der Waals surface area contributed by atoms with Crippen molar-refractivity contribution < 1.29 is 14.3 Å². The minimum atomic E-state index is -0.228. The third-order valence-corrected chi connectivity index (χ3v) is 1.86. The zero-order chi connectivity index (χ0) is 12.0. The van der Waals surface area contributed by atoms with E-state index in [1.54, 1.807) is 6.08 Å². The van der Waals surface area contributed by atoms with E-state index in [0.717, 1.165) is 6.42 Å². The Bertz CT molecular complexity index is 402. The van der Waals surface area contributed by atoms with E-state index >= 15 is 0 Å². The standard InChI is InChI=1S/C11H14N2O3/c1-4-5-6-8(14)10-11(16-3)13-9(15-2)7-12-10/h5-7H,4H2,1-3H3/b6-5+. The molecule has 1 rings (SSSR count). The van der Waals surface area contributed by atoms with E-state index in [2.05, 4.69) is 9.97 Å². The second-order valence-electron chi connectivity index (χ2n) is 2.95. The maximum atomic E-state index is 11.7. The van der Waals surface area contributed by atoms with E-state index in [4.69, 9.17) is 9.47 Å². The number of methoxy groups -OCH3 is 2. The molecule has 1 aromatic heterocycles. The fourth-order valence-electron chi connectivity index (χ4n) is 1.07. The molecule has 1 heterocycles. The fraction of sp³-hybridized carbons (Fsp3) is 0.364. The molecule has 0 spiro atoms. The van der Waals surface area contributed by atoms with E-state index in [0.29, 0.717) is 5.88 Å². The van der Waals surface area contributed by atoms with Crippen LogP contribution < -0.4 is 9.47 Å². The number of hydrogen-bond acceptors (Lipinski definition) is 5. The van der Waals surface area contributed by atoms with Crippen molar-refractivity contribution in [2.24, 2.45) is 0 Å². The Hall–Kier alpha value is -1.91. The second-order valence-corrected chi connectivity index (χ2v) is 2.95. The summed E-state index contributed by atoms with van der Waals surface area (Å²) in [6.07, 6.45) is 5.39. The lowest BCUT2D eigenvalue weighted by Crippen LogP contribution is -2.05. The molecule has 0 aromatic carbocycles. The number of carbonyl (C=O) groups excluding carboxylic acids is 1. The molecule has 1 aromatic rings. The first-order valence-electron chi connectivity index (χ1n) is 4.88. The van der Waals surface area contributed by atoms with Gasteiger partial charge >= 0.3 is 0 Å². The van der Waals surface area contributed by atoms with Crippen molar-refractivity contribution in [1.29, 1.82) is 0 Å². The van der Waals surface area contributed by atoms with Crippen molar-refractivity contribution >= 4 is 5.78 Å². The summed E-state index contributed by atoms with van der Waals surface area (Å²) in [6.45, 7) is 1.95. The Morgan fingerprint density at radius 3 is 2.75 bits per heavy atom. The Morgan fingerprint density at radius 2 is 2.19 bits per heavy atom. The van der Waals surface area contributed by atoms with Crippen molar-refractivity contribution in [2.45, 2.75) is 13.3 Å². The van der Waals surface area contributed by atoms with Crippen LogP contribution in [0.4, 0.5) is 0 Å². The molecule has 5 heteroatoms. The predicted octanol–water partition coefficient (Wildman–Crippen LogP) is 1.64. The smallest absolute Gasteiger partial charge is 0.247 e. The molecule has 0 amide bonds. The molecule has 0 radical (unpaired) electrons. The third-order valence-electron chi connectivity index (χ3n) is 1.86. The second kappa shape index (κ2) is 5.85. The van der Waals surface area contributed by atoms with Crippen molar-refractivity contribution in [2.75, 3.05) is 14.2 Å². The lowest BCUT2D eigenvalue weighted by Gasteiger charge is -2.05. The van der Waals surface area contributed by atoms with Crippen LogP contribution in [0.15, 0.2) is 18.3 Å². The molecule has 16 heavy (non-hydrogen) atoms. The monoisotopic (exact) mass is 222 g/mol. The quantitative estimate of drug-likeness (QED) is 0.560. The van der Waals surface area contributed by atoms with Crippen molar-refractivity contribution in [1.82, 2.24) is 9.97 Å². The highest BCUT2D eigenvalue weighted by Crippen LogP contribution is 2.17. The fourth-order valence-corrected chi connectivity index (χ4v) is 1.07. The molecule has 0 aliphatic heterocycles. The average molecular weight is 222 g/mol. The van der Waals surface area contributed by atoms with Gasteiger partial charge in [0.15, 0.2) is 5.69 Å². The number of allylic oxidation sites excluding steroid dienone is 2. The predicted molar refractivity (Wildman–Crippen MR) is 58.9 cm³/mol. The van der Waals surface area contributed by atoms with Gasteiger partial charge in [-0.25, -0.2) is 4.98 Å². The first-order chi connectivity index (χ1) is 7.72. The lowest BCUT2D eigenvalue weighted by molar-refractivity contribution is 0.103. The van der Waals surface area contributed by atoms with Gasteiger partial charge < -0.3 is 9.47 Å². The molecule has 0 unspecified atom stereocenters. The molecule has 0 aliphatic carbocycles. The molecule has 0 atom stereocenters. The van der Waals surface area contributed by atoms with Crippen LogP contribution in [0, 0.1) is 0 Å². The van der Waals surface area contributed by atoms with Gasteiger partial charge in [-0.2, -0.15) is 4.98 Å². The van der Waals surface area contributed by atoms with Crippen molar-refractivity contribution in [3.8, 4) is 11.8 Å². The van der Waals surface area contributed by atoms with Crippen LogP contribution >= 0.6 is 0 Å². The molecular weight excluding hydrogens is 208 g/mol. The summed E-state index contributed by atoms with van der Waals surface area (Å²) >= 11 is 0. The van der Waals surface area contributed by atoms with Crippen LogP contribution in [0.25, 0.3) is 0 Å². The topological polar surface area (TPSA) is 61.3 Å². The Kier molecular flexibility index (Phi) is 4.44. The summed E-state index contributed by atoms with van der Waals surface area (Å²) in [6, 6.07) is 0. The van der Waals surface area contributed by atoms with Crippen LogP contribution in [0.5, 0.6) is 11.8 Å². The zero-order valence-electron chi connectivity index (χ0n) is 9.56. The van der Waals surface area contributed by atoms with Crippen LogP contribution in [0.3, 0.4) is 0 Å². The molecule has 0 saturated carbocycles. The SMILES string of the molecule is CC/C=C/C(=O)c1ncc(OC)nc1OC. The van der Waals surface area contributed by atoms with Crippen LogP contribution in [-0.2, 0) is 0 Å². The maximum absolute atomic E-state index is 11.7. The number of aromatic nitrogens is 2. The first kappa shape index (κ1) is 12.2. The minimum absolute atomic E-state index is 0.171. The summed E-state index contributed by atoms with van der Waals surface area (Å²) in [5, 5.41) is 0. The largest absolute Gasteiger partial charge is 0.480 e. The highest BCUT2D eigenvalue weighted by molar-refractivity contribution is 6.04. The van der Waals surface area contributed by atoms with Gasteiger partial charge in [-0.15, -0.1) is 0 Å². The number of carbonyl (C=O) groups is 1. The molecule has 0 bridgehead atoms. The highest BCUT2D eigenvalue weighted by atomic mass is 16.5. The maximum Gasteiger partial charge on any atom is 0.247 e. The Morgan fingerprint density at radius 1 is 1.44 bits per heavy atom. The first-order valence-corrected chi connectivity index (χ1v) is 4.88. The minimum Gasteiger partial charge on any atom is -0.480 e. The third kappa shape index (κ3) is 2.79. The number of ether oxygens (including phenoxy) is 2. The normalized spacial score (nSPS) is 10.4. The zero-order valence-corrected chi connectivity index (χ0v) is 9.56. The van der Waals surface area contributed by atoms with E-state index in [1.807, 2.05) is 6.92 Å². The Balaban J connectivity index is 3.03. The van der Waals surface area contributed by atoms with Crippen molar-refractivity contribution in [3.05, 3.63) is 24.0 Å². The van der Waals surface area contributed by atoms with Gasteiger partial charge in [-0.3, -0.25) is 4.79 Å². The molecule has 5 nitrogen and oxygen atoms in total. The van der Waals surface area contributed by atoms with Crippen LogP contribution in [-0.4, -0.2) is 30.0 Å². The lowest BCUT2D eigenvalue weighted by atomic mass is 10.2. The van der Waals surface area contributed by atoms with Gasteiger partial charge in [0.1, 0.15) is 0 Å². The summed E-state index contributed by atoms with van der Waals surface area (Å²) in [7, 11) is 2.91. The molecule has 0 saturated heterocycles. The van der Waals surface area contributed by atoms with E-state index < -0.39 is 0 Å². The highest BCUT2D eigenvalue weighted by Gasteiger charge is 2.13. The summed E-state index contributed by atoms with van der Waals surface area (Å²) in [5.41, 5.74) is 0.188. The summed E-state index contributed by atoms with van der Waals surface area (Å²) in [4.78, 5) is 19.6. The molecule has 0 N–H and O–H groups in total. The molecule has 86 valence electrons. The number of ketones is 1.